The number of carbonyl (C=O) groups excluding carboxylic acids is 2. The van der Waals surface area contributed by atoms with Crippen molar-refractivity contribution < 1.29 is 18.7 Å². The van der Waals surface area contributed by atoms with Crippen LogP contribution in [0.15, 0.2) is 71.3 Å². The Morgan fingerprint density at radius 3 is 2.50 bits per heavy atom. The van der Waals surface area contributed by atoms with E-state index in [0.29, 0.717) is 29.3 Å². The summed E-state index contributed by atoms with van der Waals surface area (Å²) in [6.45, 7) is 0.414. The highest BCUT2D eigenvalue weighted by atomic mass is 16.5. The molecular formula is C21H21N3O4. The number of ether oxygens (including phenoxy) is 1. The van der Waals surface area contributed by atoms with Crippen LogP contribution in [-0.4, -0.2) is 25.5 Å². The molecule has 7 heteroatoms. The molecule has 0 unspecified atom stereocenters. The van der Waals surface area contributed by atoms with Gasteiger partial charge >= 0.3 is 0 Å². The van der Waals surface area contributed by atoms with Crippen molar-refractivity contribution in [1.29, 1.82) is 0 Å². The fraction of sp³-hybridized carbons (Fsp3) is 0.143. The summed E-state index contributed by atoms with van der Waals surface area (Å²) < 4.78 is 10.4. The molecule has 0 aliphatic rings. The van der Waals surface area contributed by atoms with E-state index < -0.39 is 0 Å². The lowest BCUT2D eigenvalue weighted by molar-refractivity contribution is -0.114. The van der Waals surface area contributed by atoms with Crippen molar-refractivity contribution in [3.05, 3.63) is 78.3 Å². The van der Waals surface area contributed by atoms with E-state index in [1.807, 2.05) is 12.1 Å². The van der Waals surface area contributed by atoms with Crippen LogP contribution in [0.3, 0.4) is 0 Å². The standard InChI is InChI=1S/C21H21N3O4/c1-27-19-7-3-2-6-18(19)24-20(25)14-22-16-10-8-15(9-11-16)21(26)23-13-17-5-4-12-28-17/h2-12,22H,13-14H2,1H3,(H,23,26)(H,24,25). The Balaban J connectivity index is 1.48. The molecule has 0 fully saturated rings. The minimum absolute atomic E-state index is 0.0854. The zero-order valence-electron chi connectivity index (χ0n) is 15.4. The van der Waals surface area contributed by atoms with Crippen molar-refractivity contribution in [1.82, 2.24) is 5.32 Å². The number of rotatable bonds is 8. The third-order valence-electron chi connectivity index (χ3n) is 3.98. The smallest absolute Gasteiger partial charge is 0.251 e. The molecule has 0 spiro atoms. The highest BCUT2D eigenvalue weighted by Gasteiger charge is 2.08. The monoisotopic (exact) mass is 379 g/mol. The van der Waals surface area contributed by atoms with Crippen LogP contribution in [-0.2, 0) is 11.3 Å². The Hall–Kier alpha value is -3.74. The molecule has 0 radical (unpaired) electrons. The molecule has 0 saturated carbocycles. The van der Waals surface area contributed by atoms with E-state index in [2.05, 4.69) is 16.0 Å². The Morgan fingerprint density at radius 1 is 1.00 bits per heavy atom. The van der Waals surface area contributed by atoms with Crippen molar-refractivity contribution in [2.45, 2.75) is 6.54 Å². The molecule has 144 valence electrons. The number of nitrogens with one attached hydrogen (secondary N) is 3. The summed E-state index contributed by atoms with van der Waals surface area (Å²) in [5.41, 5.74) is 1.87. The van der Waals surface area contributed by atoms with Crippen molar-refractivity contribution in [3.63, 3.8) is 0 Å². The number of anilines is 2. The van der Waals surface area contributed by atoms with Crippen LogP contribution < -0.4 is 20.7 Å². The SMILES string of the molecule is COc1ccccc1NC(=O)CNc1ccc(C(=O)NCc2ccco2)cc1. The topological polar surface area (TPSA) is 92.6 Å². The van der Waals surface area contributed by atoms with Gasteiger partial charge in [0.05, 0.1) is 32.1 Å². The zero-order valence-corrected chi connectivity index (χ0v) is 15.4. The van der Waals surface area contributed by atoms with Crippen LogP contribution in [0.25, 0.3) is 0 Å². The summed E-state index contributed by atoms with van der Waals surface area (Å²) >= 11 is 0. The Morgan fingerprint density at radius 2 is 1.79 bits per heavy atom. The maximum Gasteiger partial charge on any atom is 0.251 e. The third kappa shape index (κ3) is 5.14. The van der Waals surface area contributed by atoms with Crippen molar-refractivity contribution >= 4 is 23.2 Å². The summed E-state index contributed by atoms with van der Waals surface area (Å²) in [6, 6.07) is 17.6. The number of carbonyl (C=O) groups is 2. The van der Waals surface area contributed by atoms with Gasteiger partial charge in [-0.15, -0.1) is 0 Å². The number of hydrogen-bond donors (Lipinski definition) is 3. The summed E-state index contributed by atoms with van der Waals surface area (Å²) in [5, 5.41) is 8.60. The van der Waals surface area contributed by atoms with Gasteiger partial charge in [-0.3, -0.25) is 9.59 Å². The molecule has 0 saturated heterocycles. The van der Waals surface area contributed by atoms with E-state index in [0.717, 1.165) is 5.69 Å². The lowest BCUT2D eigenvalue weighted by Crippen LogP contribution is -2.23. The van der Waals surface area contributed by atoms with Gasteiger partial charge < -0.3 is 25.1 Å². The molecule has 0 atom stereocenters. The number of hydrogen-bond acceptors (Lipinski definition) is 5. The first kappa shape index (κ1) is 19.0. The fourth-order valence-corrected chi connectivity index (χ4v) is 2.55. The first-order chi connectivity index (χ1) is 13.7. The van der Waals surface area contributed by atoms with Crippen LogP contribution in [0.5, 0.6) is 5.75 Å². The van der Waals surface area contributed by atoms with Gasteiger partial charge in [0.2, 0.25) is 5.91 Å². The largest absolute Gasteiger partial charge is 0.495 e. The molecule has 3 rings (SSSR count). The van der Waals surface area contributed by atoms with E-state index >= 15 is 0 Å². The molecule has 28 heavy (non-hydrogen) atoms. The maximum absolute atomic E-state index is 12.1. The van der Waals surface area contributed by atoms with E-state index in [9.17, 15) is 9.59 Å². The molecule has 0 aliphatic carbocycles. The lowest BCUT2D eigenvalue weighted by Gasteiger charge is -2.11. The van der Waals surface area contributed by atoms with E-state index in [-0.39, 0.29) is 18.4 Å². The Bertz CT molecular complexity index is 921. The van der Waals surface area contributed by atoms with Crippen molar-refractivity contribution in [2.75, 3.05) is 24.3 Å². The number of furan rings is 1. The van der Waals surface area contributed by atoms with Gasteiger partial charge in [-0.1, -0.05) is 12.1 Å². The van der Waals surface area contributed by atoms with E-state index in [1.54, 1.807) is 61.9 Å². The van der Waals surface area contributed by atoms with Gasteiger partial charge in [0, 0.05) is 11.3 Å². The van der Waals surface area contributed by atoms with Crippen LogP contribution in [0.1, 0.15) is 16.1 Å². The maximum atomic E-state index is 12.1. The molecular weight excluding hydrogens is 358 g/mol. The first-order valence-electron chi connectivity index (χ1n) is 8.73. The lowest BCUT2D eigenvalue weighted by atomic mass is 10.2. The summed E-state index contributed by atoms with van der Waals surface area (Å²) in [5.74, 6) is 0.884. The van der Waals surface area contributed by atoms with Crippen molar-refractivity contribution in [2.24, 2.45) is 0 Å². The zero-order chi connectivity index (χ0) is 19.8. The third-order valence-corrected chi connectivity index (χ3v) is 3.98. The van der Waals surface area contributed by atoms with Gasteiger partial charge in [-0.2, -0.15) is 0 Å². The normalized spacial score (nSPS) is 10.2. The van der Waals surface area contributed by atoms with Gasteiger partial charge in [-0.25, -0.2) is 0 Å². The second-order valence-electron chi connectivity index (χ2n) is 5.94. The number of amides is 2. The minimum atomic E-state index is -0.204. The molecule has 0 bridgehead atoms. The average Bonchev–Trinajstić information content (AvgIpc) is 3.25. The number of benzene rings is 2. The molecule has 3 N–H and O–H groups in total. The number of methoxy groups -OCH3 is 1. The van der Waals surface area contributed by atoms with Gasteiger partial charge in [0.15, 0.2) is 0 Å². The molecule has 3 aromatic rings. The summed E-state index contributed by atoms with van der Waals surface area (Å²) in [6.07, 6.45) is 1.56. The molecule has 7 nitrogen and oxygen atoms in total. The molecule has 1 aromatic heterocycles. The van der Waals surface area contributed by atoms with Gasteiger partial charge in [-0.05, 0) is 48.5 Å². The van der Waals surface area contributed by atoms with Crippen LogP contribution >= 0.6 is 0 Å². The van der Waals surface area contributed by atoms with E-state index in [1.165, 1.54) is 0 Å². The Kier molecular flexibility index (Phi) is 6.30. The predicted octanol–water partition coefficient (Wildman–Crippen LogP) is 3.27. The highest BCUT2D eigenvalue weighted by Crippen LogP contribution is 2.22. The van der Waals surface area contributed by atoms with Crippen LogP contribution in [0.4, 0.5) is 11.4 Å². The predicted molar refractivity (Wildman–Crippen MR) is 106 cm³/mol. The van der Waals surface area contributed by atoms with Crippen molar-refractivity contribution in [3.8, 4) is 5.75 Å². The molecule has 2 aromatic carbocycles. The molecule has 2 amide bonds. The molecule has 0 aliphatic heterocycles. The summed E-state index contributed by atoms with van der Waals surface area (Å²) in [7, 11) is 1.55. The quantitative estimate of drug-likeness (QED) is 0.559. The minimum Gasteiger partial charge on any atom is -0.495 e. The average molecular weight is 379 g/mol. The molecule has 1 heterocycles. The van der Waals surface area contributed by atoms with E-state index in [4.69, 9.17) is 9.15 Å². The second-order valence-corrected chi connectivity index (χ2v) is 5.94. The number of para-hydroxylation sites is 2. The summed E-state index contributed by atoms with van der Waals surface area (Å²) in [4.78, 5) is 24.3. The van der Waals surface area contributed by atoms with Gasteiger partial charge in [0.25, 0.3) is 5.91 Å². The van der Waals surface area contributed by atoms with Crippen LogP contribution in [0.2, 0.25) is 0 Å². The first-order valence-corrected chi connectivity index (χ1v) is 8.73. The second kappa shape index (κ2) is 9.27. The fourth-order valence-electron chi connectivity index (χ4n) is 2.55. The Labute approximate surface area is 162 Å². The highest BCUT2D eigenvalue weighted by molar-refractivity contribution is 5.96. The van der Waals surface area contributed by atoms with Gasteiger partial charge in [0.1, 0.15) is 11.5 Å². The van der Waals surface area contributed by atoms with Crippen LogP contribution in [0, 0.1) is 0 Å².